The van der Waals surface area contributed by atoms with Gasteiger partial charge < -0.3 is 4.74 Å². The summed E-state index contributed by atoms with van der Waals surface area (Å²) in [7, 11) is 0. The van der Waals surface area contributed by atoms with Gasteiger partial charge in [0.15, 0.2) is 0 Å². The van der Waals surface area contributed by atoms with Gasteiger partial charge in [0, 0.05) is 6.92 Å². The number of alkyl halides is 4. The van der Waals surface area contributed by atoms with Gasteiger partial charge in [-0.3, -0.25) is 4.79 Å². The van der Waals surface area contributed by atoms with E-state index in [1.807, 2.05) is 0 Å². The van der Waals surface area contributed by atoms with Crippen LogP contribution in [0.2, 0.25) is 0 Å². The predicted molar refractivity (Wildman–Crippen MR) is 29.8 cm³/mol. The van der Waals surface area contributed by atoms with Crippen molar-refractivity contribution >= 4 is 5.97 Å². The molecule has 0 saturated heterocycles. The highest BCUT2D eigenvalue weighted by Gasteiger charge is 2.75. The molecule has 0 unspecified atom stereocenters. The van der Waals surface area contributed by atoms with Crippen LogP contribution in [-0.2, 0) is 9.53 Å². The van der Waals surface area contributed by atoms with Crippen molar-refractivity contribution in [3.63, 3.8) is 0 Å². The minimum atomic E-state index is -4.86. The zero-order valence-corrected chi connectivity index (χ0v) is 6.21. The van der Waals surface area contributed by atoms with Crippen LogP contribution in [0, 0.1) is 0 Å². The van der Waals surface area contributed by atoms with Gasteiger partial charge in [-0.15, -0.1) is 0 Å². The second-order valence-electron chi connectivity index (χ2n) is 2.39. The molecule has 0 amide bonds. The van der Waals surface area contributed by atoms with Crippen molar-refractivity contribution in [3.05, 3.63) is 11.6 Å². The van der Waals surface area contributed by atoms with Gasteiger partial charge in [-0.2, -0.15) is 17.6 Å². The molecule has 0 aromatic carbocycles. The summed E-state index contributed by atoms with van der Waals surface area (Å²) in [6, 6.07) is 0. The van der Waals surface area contributed by atoms with E-state index in [0.717, 1.165) is 0 Å². The minimum Gasteiger partial charge on any atom is -0.421 e. The molecule has 0 atom stereocenters. The summed E-state index contributed by atoms with van der Waals surface area (Å²) in [5.41, 5.74) is 0. The minimum absolute atomic E-state index is 0.701. The van der Waals surface area contributed by atoms with E-state index in [9.17, 15) is 26.7 Å². The van der Waals surface area contributed by atoms with Crippen LogP contribution in [-0.4, -0.2) is 17.8 Å². The molecule has 0 aliphatic heterocycles. The molecule has 0 heterocycles. The summed E-state index contributed by atoms with van der Waals surface area (Å²) < 4.78 is 64.4. The second kappa shape index (κ2) is 2.43. The summed E-state index contributed by atoms with van der Waals surface area (Å²) in [5, 5.41) is 0. The second-order valence-corrected chi connectivity index (χ2v) is 2.39. The van der Waals surface area contributed by atoms with Crippen LogP contribution in [0.5, 0.6) is 0 Å². The SMILES string of the molecule is CC(=O)OC1=C(F)C(F)(F)C1(F)F. The number of ether oxygens (including phenoxy) is 1. The maximum atomic E-state index is 12.3. The first kappa shape index (κ1) is 9.94. The van der Waals surface area contributed by atoms with E-state index in [1.54, 1.807) is 0 Å². The lowest BCUT2D eigenvalue weighted by molar-refractivity contribution is -0.230. The monoisotopic (exact) mass is 202 g/mol. The third-order valence-corrected chi connectivity index (χ3v) is 1.40. The van der Waals surface area contributed by atoms with Gasteiger partial charge in [0.1, 0.15) is 0 Å². The first-order valence-corrected chi connectivity index (χ1v) is 3.06. The third-order valence-electron chi connectivity index (χ3n) is 1.40. The predicted octanol–water partition coefficient (Wildman–Crippen LogP) is 2.01. The zero-order chi connectivity index (χ0) is 10.4. The van der Waals surface area contributed by atoms with Gasteiger partial charge in [0.2, 0.25) is 11.6 Å². The maximum absolute atomic E-state index is 12.3. The van der Waals surface area contributed by atoms with Crippen LogP contribution in [0.15, 0.2) is 11.6 Å². The highest BCUT2D eigenvalue weighted by Crippen LogP contribution is 2.56. The van der Waals surface area contributed by atoms with E-state index in [0.29, 0.717) is 6.92 Å². The molecule has 0 fully saturated rings. The van der Waals surface area contributed by atoms with Crippen LogP contribution in [0.1, 0.15) is 6.92 Å². The number of rotatable bonds is 1. The number of hydrogen-bond acceptors (Lipinski definition) is 2. The molecule has 1 aliphatic rings. The van der Waals surface area contributed by atoms with Crippen molar-refractivity contribution in [1.82, 2.24) is 0 Å². The molecule has 0 radical (unpaired) electrons. The molecule has 13 heavy (non-hydrogen) atoms. The Labute approximate surface area is 69.0 Å². The number of carbonyl (C=O) groups is 1. The molecule has 1 rings (SSSR count). The normalized spacial score (nSPS) is 23.8. The Balaban J connectivity index is 3.00. The number of carbonyl (C=O) groups excluding carboxylic acids is 1. The van der Waals surface area contributed by atoms with Gasteiger partial charge in [-0.1, -0.05) is 0 Å². The molecular weight excluding hydrogens is 199 g/mol. The molecule has 0 N–H and O–H groups in total. The zero-order valence-electron chi connectivity index (χ0n) is 6.21. The van der Waals surface area contributed by atoms with E-state index in [4.69, 9.17) is 0 Å². The largest absolute Gasteiger partial charge is 0.421 e. The van der Waals surface area contributed by atoms with Crippen molar-refractivity contribution in [2.75, 3.05) is 0 Å². The number of hydrogen-bond donors (Lipinski definition) is 0. The molecule has 0 bridgehead atoms. The van der Waals surface area contributed by atoms with Crippen LogP contribution in [0.3, 0.4) is 0 Å². The van der Waals surface area contributed by atoms with Crippen molar-refractivity contribution in [3.8, 4) is 0 Å². The Morgan fingerprint density at radius 1 is 1.23 bits per heavy atom. The standard InChI is InChI=1S/C6H3F5O2/c1-2(12)13-4-3(7)5(8,9)6(4,10)11/h1H3. The molecule has 7 heteroatoms. The van der Waals surface area contributed by atoms with Crippen molar-refractivity contribution in [2.45, 2.75) is 18.8 Å². The van der Waals surface area contributed by atoms with Gasteiger partial charge in [-0.25, -0.2) is 4.39 Å². The summed E-state index contributed by atoms with van der Waals surface area (Å²) in [6.07, 6.45) is 0. The fraction of sp³-hybridized carbons (Fsp3) is 0.500. The van der Waals surface area contributed by atoms with E-state index in [2.05, 4.69) is 4.74 Å². The highest BCUT2D eigenvalue weighted by atomic mass is 19.3. The van der Waals surface area contributed by atoms with E-state index in [-0.39, 0.29) is 0 Å². The average Bonchev–Trinajstić information content (AvgIpc) is 1.98. The Hall–Kier alpha value is -1.14. The topological polar surface area (TPSA) is 26.3 Å². The van der Waals surface area contributed by atoms with E-state index >= 15 is 0 Å². The molecule has 0 aromatic rings. The highest BCUT2D eigenvalue weighted by molar-refractivity contribution is 5.68. The van der Waals surface area contributed by atoms with Crippen LogP contribution < -0.4 is 0 Å². The van der Waals surface area contributed by atoms with Crippen LogP contribution >= 0.6 is 0 Å². The number of allylic oxidation sites excluding steroid dienone is 2. The number of halogens is 5. The Bertz CT molecular complexity index is 293. The lowest BCUT2D eigenvalue weighted by Gasteiger charge is -2.34. The first-order chi connectivity index (χ1) is 5.71. The van der Waals surface area contributed by atoms with Gasteiger partial charge in [0.05, 0.1) is 0 Å². The van der Waals surface area contributed by atoms with E-state index < -0.39 is 29.4 Å². The first-order valence-electron chi connectivity index (χ1n) is 3.06. The quantitative estimate of drug-likeness (QED) is 0.480. The van der Waals surface area contributed by atoms with Crippen LogP contribution in [0.25, 0.3) is 0 Å². The molecule has 0 spiro atoms. The molecule has 0 saturated carbocycles. The average molecular weight is 202 g/mol. The fourth-order valence-electron chi connectivity index (χ4n) is 0.751. The smallest absolute Gasteiger partial charge is 0.376 e. The van der Waals surface area contributed by atoms with Crippen molar-refractivity contribution in [2.24, 2.45) is 0 Å². The van der Waals surface area contributed by atoms with E-state index in [1.165, 1.54) is 0 Å². The van der Waals surface area contributed by atoms with Gasteiger partial charge in [-0.05, 0) is 0 Å². The number of esters is 1. The maximum Gasteiger partial charge on any atom is 0.376 e. The fourth-order valence-corrected chi connectivity index (χ4v) is 0.751. The third kappa shape index (κ3) is 1.10. The Morgan fingerprint density at radius 2 is 1.69 bits per heavy atom. The summed E-state index contributed by atoms with van der Waals surface area (Å²) in [5.74, 6) is -15.2. The molecular formula is C6H3F5O2. The molecule has 74 valence electrons. The van der Waals surface area contributed by atoms with Crippen molar-refractivity contribution < 1.29 is 31.5 Å². The van der Waals surface area contributed by atoms with Crippen molar-refractivity contribution in [1.29, 1.82) is 0 Å². The van der Waals surface area contributed by atoms with Gasteiger partial charge >= 0.3 is 17.8 Å². The lowest BCUT2D eigenvalue weighted by Crippen LogP contribution is -2.53. The van der Waals surface area contributed by atoms with Gasteiger partial charge in [0.25, 0.3) is 0 Å². The van der Waals surface area contributed by atoms with Crippen LogP contribution in [0.4, 0.5) is 22.0 Å². The summed E-state index contributed by atoms with van der Waals surface area (Å²) in [6.45, 7) is 0.701. The molecule has 2 nitrogen and oxygen atoms in total. The lowest BCUT2D eigenvalue weighted by atomic mass is 9.96. The molecule has 0 aromatic heterocycles. The summed E-state index contributed by atoms with van der Waals surface area (Å²) in [4.78, 5) is 10.1. The Kier molecular flexibility index (Phi) is 1.86. The molecule has 1 aliphatic carbocycles. The summed E-state index contributed by atoms with van der Waals surface area (Å²) >= 11 is 0. The Morgan fingerprint density at radius 3 is 2.00 bits per heavy atom.